The maximum atomic E-state index is 4.51. The van der Waals surface area contributed by atoms with Crippen LogP contribution in [0.2, 0.25) is 0 Å². The van der Waals surface area contributed by atoms with Crippen molar-refractivity contribution in [2.45, 2.75) is 6.54 Å². The lowest BCUT2D eigenvalue weighted by Crippen LogP contribution is -2.01. The van der Waals surface area contributed by atoms with Gasteiger partial charge >= 0.3 is 0 Å². The van der Waals surface area contributed by atoms with Crippen LogP contribution in [0, 0.1) is 0 Å². The van der Waals surface area contributed by atoms with Crippen molar-refractivity contribution in [1.29, 1.82) is 0 Å². The van der Waals surface area contributed by atoms with E-state index in [1.807, 2.05) is 24.3 Å². The topological polar surface area (TPSA) is 50.7 Å². The van der Waals surface area contributed by atoms with Gasteiger partial charge in [0.15, 0.2) is 5.13 Å². The maximum absolute atomic E-state index is 4.51. The molecule has 0 amide bonds. The lowest BCUT2D eigenvalue weighted by molar-refractivity contribution is 0.924. The molecule has 0 atom stereocenters. The number of nitrogens with one attached hydrogen (secondary N) is 1. The molecule has 0 aliphatic carbocycles. The van der Waals surface area contributed by atoms with E-state index in [0.29, 0.717) is 6.54 Å². The van der Waals surface area contributed by atoms with Crippen LogP contribution >= 0.6 is 27.3 Å². The highest BCUT2D eigenvalue weighted by Crippen LogP contribution is 2.28. The number of fused-ring (bicyclic) bond motifs is 1. The Morgan fingerprint density at radius 1 is 1.28 bits per heavy atom. The number of anilines is 1. The highest BCUT2D eigenvalue weighted by Gasteiger charge is 2.04. The summed E-state index contributed by atoms with van der Waals surface area (Å²) >= 11 is 5.09. The van der Waals surface area contributed by atoms with Gasteiger partial charge in [0, 0.05) is 10.7 Å². The van der Waals surface area contributed by atoms with Crippen molar-refractivity contribution in [2.75, 3.05) is 5.32 Å². The monoisotopic (exact) mass is 320 g/mol. The zero-order chi connectivity index (χ0) is 12.4. The number of nitrogens with zero attached hydrogens (tertiary/aromatic N) is 3. The molecular weight excluding hydrogens is 312 g/mol. The van der Waals surface area contributed by atoms with E-state index in [1.54, 1.807) is 17.5 Å². The number of aromatic nitrogens is 3. The van der Waals surface area contributed by atoms with Crippen molar-refractivity contribution in [1.82, 2.24) is 15.2 Å². The van der Waals surface area contributed by atoms with Gasteiger partial charge in [-0.05, 0) is 30.3 Å². The SMILES string of the molecule is Brc1ccc2nc(NCc3cccnn3)sc2c1. The summed E-state index contributed by atoms with van der Waals surface area (Å²) in [7, 11) is 0. The molecule has 0 fully saturated rings. The minimum Gasteiger partial charge on any atom is -0.356 e. The fourth-order valence-corrected chi connectivity index (χ4v) is 2.98. The molecule has 3 aromatic rings. The van der Waals surface area contributed by atoms with Crippen LogP contribution in [0.15, 0.2) is 41.0 Å². The van der Waals surface area contributed by atoms with Gasteiger partial charge in [0.2, 0.25) is 0 Å². The molecule has 1 aromatic carbocycles. The van der Waals surface area contributed by atoms with E-state index in [4.69, 9.17) is 0 Å². The Morgan fingerprint density at radius 3 is 3.06 bits per heavy atom. The van der Waals surface area contributed by atoms with Crippen LogP contribution in [0.4, 0.5) is 5.13 Å². The van der Waals surface area contributed by atoms with Crippen LogP contribution in [0.25, 0.3) is 10.2 Å². The van der Waals surface area contributed by atoms with Crippen LogP contribution < -0.4 is 5.32 Å². The van der Waals surface area contributed by atoms with Gasteiger partial charge in [-0.2, -0.15) is 10.2 Å². The van der Waals surface area contributed by atoms with Crippen LogP contribution in [0.5, 0.6) is 0 Å². The second kappa shape index (κ2) is 4.99. The third-order valence-electron chi connectivity index (χ3n) is 2.40. The summed E-state index contributed by atoms with van der Waals surface area (Å²) in [6, 6.07) is 9.88. The predicted molar refractivity (Wildman–Crippen MR) is 76.7 cm³/mol. The molecule has 0 unspecified atom stereocenters. The molecule has 2 aromatic heterocycles. The Kier molecular flexibility index (Phi) is 3.21. The molecule has 0 bridgehead atoms. The Labute approximate surface area is 116 Å². The minimum atomic E-state index is 0.634. The summed E-state index contributed by atoms with van der Waals surface area (Å²) in [5, 5.41) is 12.0. The standard InChI is InChI=1S/C12H9BrN4S/c13-8-3-4-10-11(6-8)18-12(16-10)14-7-9-2-1-5-15-17-9/h1-6H,7H2,(H,14,16). The smallest absolute Gasteiger partial charge is 0.184 e. The van der Waals surface area contributed by atoms with Gasteiger partial charge in [-0.1, -0.05) is 27.3 Å². The van der Waals surface area contributed by atoms with E-state index in [1.165, 1.54) is 0 Å². The van der Waals surface area contributed by atoms with Gasteiger partial charge in [0.05, 0.1) is 22.5 Å². The lowest BCUT2D eigenvalue weighted by Gasteiger charge is -1.99. The van der Waals surface area contributed by atoms with Crippen molar-refractivity contribution >= 4 is 42.6 Å². The molecule has 0 saturated carbocycles. The number of benzene rings is 1. The summed E-state index contributed by atoms with van der Waals surface area (Å²) in [6.07, 6.45) is 1.67. The van der Waals surface area contributed by atoms with Gasteiger partial charge in [-0.3, -0.25) is 0 Å². The van der Waals surface area contributed by atoms with Gasteiger partial charge < -0.3 is 5.32 Å². The number of hydrogen-bond acceptors (Lipinski definition) is 5. The van der Waals surface area contributed by atoms with Crippen LogP contribution in [0.3, 0.4) is 0 Å². The first kappa shape index (κ1) is 11.6. The molecular formula is C12H9BrN4S. The predicted octanol–water partition coefficient (Wildman–Crippen LogP) is 3.46. The maximum Gasteiger partial charge on any atom is 0.184 e. The first-order chi connectivity index (χ1) is 8.81. The average Bonchev–Trinajstić information content (AvgIpc) is 2.79. The number of rotatable bonds is 3. The van der Waals surface area contributed by atoms with E-state index in [9.17, 15) is 0 Å². The van der Waals surface area contributed by atoms with Crippen molar-refractivity contribution in [3.05, 3.63) is 46.7 Å². The summed E-state index contributed by atoms with van der Waals surface area (Å²) in [5.74, 6) is 0. The van der Waals surface area contributed by atoms with Gasteiger partial charge in [-0.25, -0.2) is 4.98 Å². The lowest BCUT2D eigenvalue weighted by atomic mass is 10.3. The van der Waals surface area contributed by atoms with Crippen molar-refractivity contribution in [2.24, 2.45) is 0 Å². The second-order valence-electron chi connectivity index (χ2n) is 3.70. The van der Waals surface area contributed by atoms with Crippen molar-refractivity contribution in [3.8, 4) is 0 Å². The fourth-order valence-electron chi connectivity index (χ4n) is 1.57. The molecule has 0 saturated heterocycles. The summed E-state index contributed by atoms with van der Waals surface area (Å²) in [5.41, 5.74) is 1.91. The highest BCUT2D eigenvalue weighted by molar-refractivity contribution is 9.10. The number of hydrogen-bond donors (Lipinski definition) is 1. The van der Waals surface area contributed by atoms with Crippen LogP contribution in [-0.2, 0) is 6.54 Å². The van der Waals surface area contributed by atoms with Crippen molar-refractivity contribution < 1.29 is 0 Å². The van der Waals surface area contributed by atoms with Crippen molar-refractivity contribution in [3.63, 3.8) is 0 Å². The summed E-state index contributed by atoms with van der Waals surface area (Å²) < 4.78 is 2.23. The molecule has 3 rings (SSSR count). The van der Waals surface area contributed by atoms with Gasteiger partial charge in [-0.15, -0.1) is 0 Å². The molecule has 90 valence electrons. The molecule has 2 heterocycles. The Morgan fingerprint density at radius 2 is 2.22 bits per heavy atom. The van der Waals surface area contributed by atoms with E-state index < -0.39 is 0 Å². The molecule has 0 aliphatic rings. The zero-order valence-corrected chi connectivity index (χ0v) is 11.7. The molecule has 0 spiro atoms. The number of halogens is 1. The van der Waals surface area contributed by atoms with Crippen LogP contribution in [-0.4, -0.2) is 15.2 Å². The number of thiazole rings is 1. The Hall–Kier alpha value is -1.53. The third-order valence-corrected chi connectivity index (χ3v) is 3.87. The van der Waals surface area contributed by atoms with Gasteiger partial charge in [0.25, 0.3) is 0 Å². The first-order valence-corrected chi connectivity index (χ1v) is 6.99. The minimum absolute atomic E-state index is 0.634. The van der Waals surface area contributed by atoms with E-state index >= 15 is 0 Å². The van der Waals surface area contributed by atoms with E-state index in [0.717, 1.165) is 25.5 Å². The molecule has 4 nitrogen and oxygen atoms in total. The molecule has 6 heteroatoms. The Bertz CT molecular complexity index is 668. The molecule has 1 N–H and O–H groups in total. The summed E-state index contributed by atoms with van der Waals surface area (Å²) in [6.45, 7) is 0.634. The van der Waals surface area contributed by atoms with Crippen LogP contribution in [0.1, 0.15) is 5.69 Å². The normalized spacial score (nSPS) is 10.7. The van der Waals surface area contributed by atoms with E-state index in [-0.39, 0.29) is 0 Å². The van der Waals surface area contributed by atoms with E-state index in [2.05, 4.69) is 42.5 Å². The summed E-state index contributed by atoms with van der Waals surface area (Å²) in [4.78, 5) is 4.51. The fraction of sp³-hybridized carbons (Fsp3) is 0.0833. The third kappa shape index (κ3) is 2.49. The molecule has 0 aliphatic heterocycles. The van der Waals surface area contributed by atoms with Gasteiger partial charge in [0.1, 0.15) is 0 Å². The molecule has 0 radical (unpaired) electrons. The Balaban J connectivity index is 1.79. The molecule has 18 heavy (non-hydrogen) atoms. The quantitative estimate of drug-likeness (QED) is 0.803. The second-order valence-corrected chi connectivity index (χ2v) is 5.65. The average molecular weight is 321 g/mol. The zero-order valence-electron chi connectivity index (χ0n) is 9.30. The first-order valence-electron chi connectivity index (χ1n) is 5.38. The highest BCUT2D eigenvalue weighted by atomic mass is 79.9. The largest absolute Gasteiger partial charge is 0.356 e.